The van der Waals surface area contributed by atoms with E-state index in [1.54, 1.807) is 22.1 Å². The predicted octanol–water partition coefficient (Wildman–Crippen LogP) is 4.58. The molecular formula is C20H19NO2S2. The number of hydrogen-bond acceptors (Lipinski definition) is 3. The summed E-state index contributed by atoms with van der Waals surface area (Å²) < 4.78 is 28.5. The maximum absolute atomic E-state index is 13.4. The first-order valence-corrected chi connectivity index (χ1v) is 10.7. The Morgan fingerprint density at radius 1 is 0.960 bits per heavy atom. The van der Waals surface area contributed by atoms with Crippen LogP contribution in [-0.4, -0.2) is 25.0 Å². The third-order valence-corrected chi connectivity index (χ3v) is 7.86. The molecule has 1 saturated heterocycles. The van der Waals surface area contributed by atoms with Gasteiger partial charge in [-0.25, -0.2) is 8.42 Å². The van der Waals surface area contributed by atoms with Crippen molar-refractivity contribution in [3.63, 3.8) is 0 Å². The topological polar surface area (TPSA) is 37.4 Å². The molecule has 0 aromatic heterocycles. The summed E-state index contributed by atoms with van der Waals surface area (Å²) in [6, 6.07) is 21.3. The molecule has 1 aliphatic rings. The molecule has 3 aromatic rings. The Morgan fingerprint density at radius 3 is 2.48 bits per heavy atom. The Labute approximate surface area is 152 Å². The SMILES string of the molecule is Cc1ccc([C@@H]2SCCN2S(=O)(=O)c2cccc3ccccc23)cc1. The van der Waals surface area contributed by atoms with Crippen molar-refractivity contribution in [3.8, 4) is 0 Å². The first kappa shape index (κ1) is 16.6. The van der Waals surface area contributed by atoms with Crippen molar-refractivity contribution < 1.29 is 8.42 Å². The lowest BCUT2D eigenvalue weighted by molar-refractivity contribution is 0.435. The van der Waals surface area contributed by atoms with Gasteiger partial charge in [0.2, 0.25) is 10.0 Å². The second kappa shape index (κ2) is 6.48. The van der Waals surface area contributed by atoms with Gasteiger partial charge >= 0.3 is 0 Å². The van der Waals surface area contributed by atoms with Crippen LogP contribution in [0.4, 0.5) is 0 Å². The summed E-state index contributed by atoms with van der Waals surface area (Å²) in [4.78, 5) is 0.394. The zero-order valence-corrected chi connectivity index (χ0v) is 15.6. The van der Waals surface area contributed by atoms with E-state index in [4.69, 9.17) is 0 Å². The monoisotopic (exact) mass is 369 g/mol. The minimum absolute atomic E-state index is 0.162. The highest BCUT2D eigenvalue weighted by atomic mass is 32.2. The van der Waals surface area contributed by atoms with Gasteiger partial charge in [-0.1, -0.05) is 66.2 Å². The number of fused-ring (bicyclic) bond motifs is 1. The van der Waals surface area contributed by atoms with Crippen LogP contribution in [0, 0.1) is 6.92 Å². The lowest BCUT2D eigenvalue weighted by Gasteiger charge is -2.24. The first-order chi connectivity index (χ1) is 12.1. The number of aryl methyl sites for hydroxylation is 1. The largest absolute Gasteiger partial charge is 0.245 e. The molecule has 0 spiro atoms. The minimum Gasteiger partial charge on any atom is -0.207 e. The van der Waals surface area contributed by atoms with E-state index in [1.807, 2.05) is 67.6 Å². The van der Waals surface area contributed by atoms with Crippen molar-refractivity contribution in [3.05, 3.63) is 77.9 Å². The van der Waals surface area contributed by atoms with E-state index < -0.39 is 10.0 Å². The molecule has 0 unspecified atom stereocenters. The van der Waals surface area contributed by atoms with Crippen LogP contribution >= 0.6 is 11.8 Å². The Hall–Kier alpha value is -1.82. The normalized spacial score (nSPS) is 18.7. The van der Waals surface area contributed by atoms with Gasteiger partial charge in [0.25, 0.3) is 0 Å². The van der Waals surface area contributed by atoms with Gasteiger partial charge in [-0.3, -0.25) is 0 Å². The zero-order chi connectivity index (χ0) is 17.4. The molecule has 4 rings (SSSR count). The lowest BCUT2D eigenvalue weighted by Crippen LogP contribution is -2.30. The van der Waals surface area contributed by atoms with Gasteiger partial charge in [-0.15, -0.1) is 11.8 Å². The molecule has 5 heteroatoms. The summed E-state index contributed by atoms with van der Waals surface area (Å²) in [5.41, 5.74) is 2.21. The van der Waals surface area contributed by atoms with Gasteiger partial charge in [0.15, 0.2) is 0 Å². The number of benzene rings is 3. The fraction of sp³-hybridized carbons (Fsp3) is 0.200. The van der Waals surface area contributed by atoms with Crippen LogP contribution in [-0.2, 0) is 10.0 Å². The Bertz CT molecular complexity index is 1010. The van der Waals surface area contributed by atoms with Crippen LogP contribution < -0.4 is 0 Å². The third-order valence-electron chi connectivity index (χ3n) is 4.55. The molecule has 0 radical (unpaired) electrons. The van der Waals surface area contributed by atoms with E-state index in [0.29, 0.717) is 11.4 Å². The van der Waals surface area contributed by atoms with Crippen LogP contribution in [0.15, 0.2) is 71.6 Å². The molecule has 1 aliphatic heterocycles. The molecule has 0 N–H and O–H groups in total. The number of hydrogen-bond donors (Lipinski definition) is 0. The van der Waals surface area contributed by atoms with E-state index in [2.05, 4.69) is 0 Å². The van der Waals surface area contributed by atoms with Gasteiger partial charge in [0.05, 0.1) is 10.3 Å². The maximum atomic E-state index is 13.4. The van der Waals surface area contributed by atoms with E-state index in [1.165, 1.54) is 5.56 Å². The Morgan fingerprint density at radius 2 is 1.68 bits per heavy atom. The Kier molecular flexibility index (Phi) is 4.31. The van der Waals surface area contributed by atoms with Crippen LogP contribution in [0.1, 0.15) is 16.5 Å². The van der Waals surface area contributed by atoms with Gasteiger partial charge in [0.1, 0.15) is 0 Å². The number of nitrogens with zero attached hydrogens (tertiary/aromatic N) is 1. The average molecular weight is 370 g/mol. The third kappa shape index (κ3) is 2.97. The molecule has 25 heavy (non-hydrogen) atoms. The van der Waals surface area contributed by atoms with E-state index in [0.717, 1.165) is 22.1 Å². The van der Waals surface area contributed by atoms with Gasteiger partial charge in [0, 0.05) is 17.7 Å². The first-order valence-electron chi connectivity index (χ1n) is 8.25. The van der Waals surface area contributed by atoms with Gasteiger partial charge < -0.3 is 0 Å². The van der Waals surface area contributed by atoms with Crippen molar-refractivity contribution in [1.29, 1.82) is 0 Å². The van der Waals surface area contributed by atoms with E-state index in [9.17, 15) is 8.42 Å². The maximum Gasteiger partial charge on any atom is 0.245 e. The van der Waals surface area contributed by atoms with Crippen molar-refractivity contribution in [2.24, 2.45) is 0 Å². The molecule has 0 aliphatic carbocycles. The fourth-order valence-corrected chi connectivity index (χ4v) is 6.70. The molecule has 128 valence electrons. The zero-order valence-electron chi connectivity index (χ0n) is 13.9. The molecule has 0 saturated carbocycles. The lowest BCUT2D eigenvalue weighted by atomic mass is 10.1. The van der Waals surface area contributed by atoms with Crippen LogP contribution in [0.3, 0.4) is 0 Å². The molecule has 1 fully saturated rings. The number of thioether (sulfide) groups is 1. The van der Waals surface area contributed by atoms with Crippen molar-refractivity contribution in [2.75, 3.05) is 12.3 Å². The molecule has 3 nitrogen and oxygen atoms in total. The minimum atomic E-state index is -3.56. The predicted molar refractivity (Wildman–Crippen MR) is 104 cm³/mol. The van der Waals surface area contributed by atoms with Crippen LogP contribution in [0.5, 0.6) is 0 Å². The van der Waals surface area contributed by atoms with Gasteiger partial charge in [-0.2, -0.15) is 4.31 Å². The van der Waals surface area contributed by atoms with Crippen LogP contribution in [0.25, 0.3) is 10.8 Å². The second-order valence-corrected chi connectivity index (χ2v) is 9.27. The summed E-state index contributed by atoms with van der Waals surface area (Å²) >= 11 is 1.68. The van der Waals surface area contributed by atoms with E-state index in [-0.39, 0.29) is 5.37 Å². The number of rotatable bonds is 3. The van der Waals surface area contributed by atoms with Crippen molar-refractivity contribution in [1.82, 2.24) is 4.31 Å². The van der Waals surface area contributed by atoms with Gasteiger partial charge in [-0.05, 0) is 23.9 Å². The summed E-state index contributed by atoms with van der Waals surface area (Å²) in [5, 5.41) is 1.57. The summed E-state index contributed by atoms with van der Waals surface area (Å²) in [7, 11) is -3.56. The smallest absolute Gasteiger partial charge is 0.207 e. The van der Waals surface area contributed by atoms with Crippen molar-refractivity contribution in [2.45, 2.75) is 17.2 Å². The molecule has 0 amide bonds. The second-order valence-electron chi connectivity index (χ2n) is 6.23. The molecule has 3 aromatic carbocycles. The highest BCUT2D eigenvalue weighted by Crippen LogP contribution is 2.42. The average Bonchev–Trinajstić information content (AvgIpc) is 3.12. The molecular weight excluding hydrogens is 350 g/mol. The molecule has 0 bridgehead atoms. The standard InChI is InChI=1S/C20H19NO2S2/c1-15-9-11-17(12-10-15)20-21(13-14-24-20)25(22,23)19-8-4-6-16-5-2-3-7-18(16)19/h2-12,20H,13-14H2,1H3/t20-/m0/s1. The highest BCUT2D eigenvalue weighted by molar-refractivity contribution is 8.01. The highest BCUT2D eigenvalue weighted by Gasteiger charge is 2.37. The van der Waals surface area contributed by atoms with E-state index >= 15 is 0 Å². The van der Waals surface area contributed by atoms with Crippen LogP contribution in [0.2, 0.25) is 0 Å². The fourth-order valence-electron chi connectivity index (χ4n) is 3.24. The summed E-state index contributed by atoms with van der Waals surface area (Å²) in [6.45, 7) is 2.57. The number of sulfonamides is 1. The summed E-state index contributed by atoms with van der Waals surface area (Å²) in [6.07, 6.45) is 0. The van der Waals surface area contributed by atoms with Crippen molar-refractivity contribution >= 4 is 32.6 Å². The molecule has 1 heterocycles. The summed E-state index contributed by atoms with van der Waals surface area (Å²) in [5.74, 6) is 0.808. The molecule has 1 atom stereocenters. The Balaban J connectivity index is 1.80. The quantitative estimate of drug-likeness (QED) is 0.678.